The van der Waals surface area contributed by atoms with Crippen molar-refractivity contribution in [2.24, 2.45) is 0 Å². The van der Waals surface area contributed by atoms with E-state index in [1.807, 2.05) is 21.0 Å². The highest BCUT2D eigenvalue weighted by atomic mass is 32.2. The zero-order valence-electron chi connectivity index (χ0n) is 23.9. The van der Waals surface area contributed by atoms with Crippen LogP contribution in [-0.2, 0) is 26.1 Å². The lowest BCUT2D eigenvalue weighted by atomic mass is 10.1. The Morgan fingerprint density at radius 1 is 1.20 bits per heavy atom. The minimum atomic E-state index is -3.76. The van der Waals surface area contributed by atoms with E-state index in [-0.39, 0.29) is 15.4 Å². The van der Waals surface area contributed by atoms with Crippen LogP contribution in [0.4, 0.5) is 14.9 Å². The maximum absolute atomic E-state index is 13.3. The monoisotopic (exact) mass is 620 g/mol. The lowest BCUT2D eigenvalue weighted by Crippen LogP contribution is -2.52. The average molecular weight is 621 g/mol. The van der Waals surface area contributed by atoms with Gasteiger partial charge in [-0.25, -0.2) is 18.2 Å². The van der Waals surface area contributed by atoms with Gasteiger partial charge in [-0.3, -0.25) is 15.0 Å². The minimum absolute atomic E-state index is 0.0991. The molecular weight excluding hydrogens is 585 g/mol. The van der Waals surface area contributed by atoms with Crippen molar-refractivity contribution in [1.82, 2.24) is 19.1 Å². The van der Waals surface area contributed by atoms with Gasteiger partial charge in [0.05, 0.1) is 17.8 Å². The van der Waals surface area contributed by atoms with Gasteiger partial charge in [-0.15, -0.1) is 11.3 Å². The number of methoxy groups -OCH3 is 1. The molecule has 222 valence electrons. The highest BCUT2D eigenvalue weighted by Crippen LogP contribution is 2.33. The first-order valence-corrected chi connectivity index (χ1v) is 16.3. The molecule has 41 heavy (non-hydrogen) atoms. The Balaban J connectivity index is 1.36. The largest absolute Gasteiger partial charge is 0.453 e. The number of amides is 2. The van der Waals surface area contributed by atoms with Crippen molar-refractivity contribution in [2.75, 3.05) is 64.1 Å². The zero-order chi connectivity index (χ0) is 29.7. The Labute approximate surface area is 249 Å². The fraction of sp³-hybridized carbons (Fsp3) is 0.444. The van der Waals surface area contributed by atoms with Gasteiger partial charge in [-0.1, -0.05) is 29.5 Å². The van der Waals surface area contributed by atoms with E-state index in [2.05, 4.69) is 60.5 Å². The molecule has 1 aliphatic rings. The number of rotatable bonds is 11. The van der Waals surface area contributed by atoms with Crippen LogP contribution in [0.3, 0.4) is 0 Å². The van der Waals surface area contributed by atoms with Gasteiger partial charge in [-0.2, -0.15) is 4.31 Å². The van der Waals surface area contributed by atoms with E-state index in [0.29, 0.717) is 38.4 Å². The van der Waals surface area contributed by atoms with Gasteiger partial charge in [0.25, 0.3) is 10.0 Å². The number of sulfonamides is 1. The maximum Gasteiger partial charge on any atom is 0.413 e. The number of thiazole rings is 1. The topological polar surface area (TPSA) is 115 Å². The molecule has 3 aromatic rings. The van der Waals surface area contributed by atoms with Crippen LogP contribution in [0.5, 0.6) is 0 Å². The maximum atomic E-state index is 13.3. The Bertz CT molecular complexity index is 1460. The second kappa shape index (κ2) is 13.4. The number of aromatic nitrogens is 1. The van der Waals surface area contributed by atoms with Crippen LogP contribution < -0.4 is 10.2 Å². The molecule has 2 aromatic heterocycles. The van der Waals surface area contributed by atoms with Crippen LogP contribution in [-0.4, -0.2) is 100.0 Å². The van der Waals surface area contributed by atoms with Crippen LogP contribution in [0, 0.1) is 6.92 Å². The van der Waals surface area contributed by atoms with Crippen LogP contribution in [0.15, 0.2) is 39.9 Å². The molecule has 3 heterocycles. The molecule has 1 aromatic carbocycles. The molecule has 1 fully saturated rings. The lowest BCUT2D eigenvalue weighted by Gasteiger charge is -2.36. The summed E-state index contributed by atoms with van der Waals surface area (Å²) in [7, 11) is 1.55. The van der Waals surface area contributed by atoms with E-state index in [9.17, 15) is 18.0 Å². The third kappa shape index (κ3) is 7.50. The van der Waals surface area contributed by atoms with Crippen LogP contribution in [0.25, 0.3) is 11.1 Å². The number of aryl methyl sites for hydroxylation is 1. The SMILES string of the molecule is COC(=O)Nc1nc(C)c(S(=O)(=O)N2CCN(C[C@H](C)N(C=O)c3cc(-c4cccc(CN(C)C)c4)cs3)CC2)s1. The van der Waals surface area contributed by atoms with E-state index in [0.717, 1.165) is 40.4 Å². The molecule has 14 heteroatoms. The molecule has 1 saturated heterocycles. The van der Waals surface area contributed by atoms with E-state index < -0.39 is 16.1 Å². The smallest absolute Gasteiger partial charge is 0.413 e. The Morgan fingerprint density at radius 3 is 2.59 bits per heavy atom. The number of anilines is 2. The second-order valence-corrected chi connectivity index (χ2v) is 14.2. The van der Waals surface area contributed by atoms with Crippen LogP contribution in [0.2, 0.25) is 0 Å². The number of hydrogen-bond acceptors (Lipinski definition) is 10. The molecule has 0 aliphatic carbocycles. The summed E-state index contributed by atoms with van der Waals surface area (Å²) in [6.45, 7) is 6.80. The highest BCUT2D eigenvalue weighted by molar-refractivity contribution is 7.91. The van der Waals surface area contributed by atoms with Crippen LogP contribution in [0.1, 0.15) is 18.2 Å². The molecule has 4 rings (SSSR count). The molecule has 11 nitrogen and oxygen atoms in total. The summed E-state index contributed by atoms with van der Waals surface area (Å²) in [5, 5.41) is 5.55. The first-order valence-electron chi connectivity index (χ1n) is 13.1. The number of benzene rings is 1. The lowest BCUT2D eigenvalue weighted by molar-refractivity contribution is -0.107. The predicted octanol–water partition coefficient (Wildman–Crippen LogP) is 3.78. The molecular formula is C27H36N6O5S3. The molecule has 0 unspecified atom stereocenters. The summed E-state index contributed by atoms with van der Waals surface area (Å²) in [6, 6.07) is 10.4. The fourth-order valence-electron chi connectivity index (χ4n) is 4.74. The van der Waals surface area contributed by atoms with Crippen molar-refractivity contribution < 1.29 is 22.7 Å². The molecule has 0 radical (unpaired) electrons. The summed E-state index contributed by atoms with van der Waals surface area (Å²) in [5.74, 6) is 0. The molecule has 1 aliphatic heterocycles. The number of carbonyl (C=O) groups is 2. The summed E-state index contributed by atoms with van der Waals surface area (Å²) in [6.07, 6.45) is 0.165. The predicted molar refractivity (Wildman–Crippen MR) is 163 cm³/mol. The molecule has 0 spiro atoms. The van der Waals surface area contributed by atoms with Gasteiger partial charge in [0.1, 0.15) is 0 Å². The van der Waals surface area contributed by atoms with Crippen molar-refractivity contribution in [3.8, 4) is 11.1 Å². The Morgan fingerprint density at radius 2 is 1.93 bits per heavy atom. The number of carbonyl (C=O) groups excluding carboxylic acids is 2. The number of nitrogens with zero attached hydrogens (tertiary/aromatic N) is 5. The standard InChI is InChI=1S/C27H36N6O5S3/c1-19(33(18-34)24-14-23(17-39-24)22-8-6-7-21(13-22)16-30(3)4)15-31-9-11-32(12-10-31)41(36,37)25-20(2)28-26(40-25)29-27(35)38-5/h6-8,13-14,17-19H,9-12,15-16H2,1-5H3,(H,28,29,35)/t19-/m0/s1. The van der Waals surface area contributed by atoms with E-state index >= 15 is 0 Å². The Hall–Kier alpha value is -2.88. The third-order valence-corrected chi connectivity index (χ3v) is 11.3. The van der Waals surface area contributed by atoms with E-state index in [1.165, 1.54) is 28.3 Å². The minimum Gasteiger partial charge on any atom is -0.453 e. The van der Waals surface area contributed by atoms with Crippen molar-refractivity contribution in [1.29, 1.82) is 0 Å². The number of piperazine rings is 1. The van der Waals surface area contributed by atoms with Gasteiger partial charge < -0.3 is 14.5 Å². The zero-order valence-corrected chi connectivity index (χ0v) is 26.3. The van der Waals surface area contributed by atoms with Crippen molar-refractivity contribution >= 4 is 55.3 Å². The van der Waals surface area contributed by atoms with Crippen molar-refractivity contribution in [3.63, 3.8) is 0 Å². The molecule has 0 saturated carbocycles. The first kappa shape index (κ1) is 31.1. The van der Waals surface area contributed by atoms with Crippen molar-refractivity contribution in [2.45, 2.75) is 30.6 Å². The summed E-state index contributed by atoms with van der Waals surface area (Å²) in [4.78, 5) is 33.9. The number of hydrogen-bond donors (Lipinski definition) is 1. The van der Waals surface area contributed by atoms with Gasteiger partial charge in [0.2, 0.25) is 6.41 Å². The molecule has 1 atom stereocenters. The first-order chi connectivity index (χ1) is 19.5. The summed E-state index contributed by atoms with van der Waals surface area (Å²) in [5.41, 5.74) is 3.75. The van der Waals surface area contributed by atoms with Gasteiger partial charge in [0, 0.05) is 50.7 Å². The van der Waals surface area contributed by atoms with Crippen LogP contribution >= 0.6 is 22.7 Å². The highest BCUT2D eigenvalue weighted by Gasteiger charge is 2.33. The van der Waals surface area contributed by atoms with E-state index in [4.69, 9.17) is 0 Å². The van der Waals surface area contributed by atoms with E-state index in [1.54, 1.807) is 11.8 Å². The number of ether oxygens (including phenoxy) is 1. The summed E-state index contributed by atoms with van der Waals surface area (Å²) < 4.78 is 32.8. The van der Waals surface area contributed by atoms with Crippen molar-refractivity contribution in [3.05, 3.63) is 47.0 Å². The van der Waals surface area contributed by atoms with Gasteiger partial charge >= 0.3 is 6.09 Å². The van der Waals surface area contributed by atoms with Gasteiger partial charge in [-0.05, 0) is 56.8 Å². The quantitative estimate of drug-likeness (QED) is 0.322. The fourth-order valence-corrected chi connectivity index (χ4v) is 8.69. The third-order valence-electron chi connectivity index (χ3n) is 6.76. The Kier molecular flexibility index (Phi) is 10.2. The normalized spacial score (nSPS) is 15.6. The van der Waals surface area contributed by atoms with Gasteiger partial charge in [0.15, 0.2) is 9.34 Å². The average Bonchev–Trinajstić information content (AvgIpc) is 3.56. The second-order valence-electron chi connectivity index (χ2n) is 10.2. The molecule has 1 N–H and O–H groups in total. The number of nitrogens with one attached hydrogen (secondary N) is 1. The molecule has 2 amide bonds. The number of thiophene rings is 1. The molecule has 0 bridgehead atoms. The summed E-state index contributed by atoms with van der Waals surface area (Å²) >= 11 is 2.45.